The Morgan fingerprint density at radius 2 is 2.12 bits per heavy atom. The highest BCUT2D eigenvalue weighted by atomic mass is 32.1. The van der Waals surface area contributed by atoms with Gasteiger partial charge < -0.3 is 14.8 Å². The zero-order valence-electron chi connectivity index (χ0n) is 13.7. The van der Waals surface area contributed by atoms with Crippen LogP contribution < -0.4 is 10.1 Å². The fourth-order valence-electron chi connectivity index (χ4n) is 2.86. The van der Waals surface area contributed by atoms with Crippen molar-refractivity contribution in [3.8, 4) is 5.75 Å². The van der Waals surface area contributed by atoms with Crippen molar-refractivity contribution in [3.05, 3.63) is 41.0 Å². The third-order valence-corrected chi connectivity index (χ3v) is 5.40. The van der Waals surface area contributed by atoms with Crippen molar-refractivity contribution in [1.29, 1.82) is 0 Å². The van der Waals surface area contributed by atoms with E-state index in [1.807, 2.05) is 24.3 Å². The van der Waals surface area contributed by atoms with Crippen molar-refractivity contribution in [2.24, 2.45) is 0 Å². The number of hydrogen-bond acceptors (Lipinski definition) is 6. The molecule has 0 radical (unpaired) electrons. The van der Waals surface area contributed by atoms with Gasteiger partial charge in [-0.15, -0.1) is 11.3 Å². The summed E-state index contributed by atoms with van der Waals surface area (Å²) in [6, 6.07) is 7.95. The van der Waals surface area contributed by atoms with Gasteiger partial charge in [-0.05, 0) is 31.5 Å². The van der Waals surface area contributed by atoms with Crippen LogP contribution in [0.1, 0.15) is 16.9 Å². The van der Waals surface area contributed by atoms with Crippen LogP contribution in [-0.2, 0) is 4.74 Å². The number of fused-ring (bicyclic) bond motifs is 1. The molecule has 3 heterocycles. The Bertz CT molecular complexity index is 872. The van der Waals surface area contributed by atoms with Crippen molar-refractivity contribution in [1.82, 2.24) is 9.97 Å². The topological polar surface area (TPSA) is 56.3 Å². The van der Waals surface area contributed by atoms with Crippen LogP contribution in [0.25, 0.3) is 10.2 Å². The Hall–Kier alpha value is -2.18. The van der Waals surface area contributed by atoms with E-state index in [0.717, 1.165) is 40.5 Å². The maximum Gasteiger partial charge on any atom is 0.143 e. The van der Waals surface area contributed by atoms with E-state index < -0.39 is 0 Å². The summed E-state index contributed by atoms with van der Waals surface area (Å²) in [5, 5.41) is 4.52. The third-order valence-electron chi connectivity index (χ3n) is 4.29. The molecule has 6 heteroatoms. The third kappa shape index (κ3) is 2.83. The normalized spacial score (nSPS) is 17.3. The monoisotopic (exact) mass is 341 g/mol. The van der Waals surface area contributed by atoms with Crippen LogP contribution in [0, 0.1) is 13.8 Å². The predicted molar refractivity (Wildman–Crippen MR) is 96.5 cm³/mol. The zero-order valence-corrected chi connectivity index (χ0v) is 14.5. The molecule has 5 nitrogen and oxygen atoms in total. The van der Waals surface area contributed by atoms with Crippen LogP contribution in [0.15, 0.2) is 30.6 Å². The summed E-state index contributed by atoms with van der Waals surface area (Å²) in [5.41, 5.74) is 2.13. The lowest BCUT2D eigenvalue weighted by molar-refractivity contribution is 0.142. The molecule has 1 atom stereocenters. The van der Waals surface area contributed by atoms with Crippen molar-refractivity contribution < 1.29 is 9.47 Å². The first-order chi connectivity index (χ1) is 11.7. The summed E-state index contributed by atoms with van der Waals surface area (Å²) >= 11 is 1.69. The summed E-state index contributed by atoms with van der Waals surface area (Å²) in [6.45, 7) is 5.64. The molecule has 0 bridgehead atoms. The highest BCUT2D eigenvalue weighted by Gasteiger charge is 2.19. The van der Waals surface area contributed by atoms with Gasteiger partial charge in [0.05, 0.1) is 24.3 Å². The van der Waals surface area contributed by atoms with E-state index >= 15 is 0 Å². The Balaban J connectivity index is 1.68. The minimum Gasteiger partial charge on any atom is -0.486 e. The highest BCUT2D eigenvalue weighted by molar-refractivity contribution is 7.18. The quantitative estimate of drug-likeness (QED) is 0.770. The fraction of sp³-hybridized carbons (Fsp3) is 0.333. The van der Waals surface area contributed by atoms with Gasteiger partial charge in [0.15, 0.2) is 0 Å². The number of hydrogen-bond donors (Lipinski definition) is 1. The Kier molecular flexibility index (Phi) is 4.08. The molecule has 0 aliphatic carbocycles. The molecule has 2 aromatic heterocycles. The number of aromatic nitrogens is 2. The molecule has 0 unspecified atom stereocenters. The van der Waals surface area contributed by atoms with Crippen LogP contribution in [0.3, 0.4) is 0 Å². The molecule has 0 spiro atoms. The van der Waals surface area contributed by atoms with Crippen LogP contribution in [0.4, 0.5) is 11.5 Å². The maximum absolute atomic E-state index is 6.10. The zero-order chi connectivity index (χ0) is 16.5. The second-order valence-electron chi connectivity index (χ2n) is 5.91. The summed E-state index contributed by atoms with van der Waals surface area (Å²) in [4.78, 5) is 11.1. The van der Waals surface area contributed by atoms with E-state index in [2.05, 4.69) is 29.1 Å². The highest BCUT2D eigenvalue weighted by Crippen LogP contribution is 2.36. The summed E-state index contributed by atoms with van der Waals surface area (Å²) < 4.78 is 11.5. The van der Waals surface area contributed by atoms with Gasteiger partial charge in [0.25, 0.3) is 0 Å². The lowest BCUT2D eigenvalue weighted by Gasteiger charge is -2.16. The van der Waals surface area contributed by atoms with E-state index in [0.29, 0.717) is 6.61 Å². The molecule has 1 saturated heterocycles. The first-order valence-electron chi connectivity index (χ1n) is 8.03. The Morgan fingerprint density at radius 1 is 1.25 bits per heavy atom. The van der Waals surface area contributed by atoms with E-state index in [1.54, 1.807) is 17.7 Å². The number of nitrogens with zero attached hydrogens (tertiary/aromatic N) is 2. The molecule has 1 aliphatic heterocycles. The predicted octanol–water partition coefficient (Wildman–Crippen LogP) is 4.22. The minimum atomic E-state index is 0.114. The van der Waals surface area contributed by atoms with Crippen molar-refractivity contribution in [2.75, 3.05) is 18.5 Å². The van der Waals surface area contributed by atoms with Crippen molar-refractivity contribution >= 4 is 33.1 Å². The van der Waals surface area contributed by atoms with Gasteiger partial charge in [-0.25, -0.2) is 9.97 Å². The van der Waals surface area contributed by atoms with Gasteiger partial charge in [0.1, 0.15) is 28.8 Å². The number of aryl methyl sites for hydroxylation is 2. The SMILES string of the molecule is Cc1sc2ncnc(Nc3ccccc3O[C@@H]3CCOC3)c2c1C. The molecule has 0 saturated carbocycles. The molecule has 4 rings (SSSR count). The average Bonchev–Trinajstić information content (AvgIpc) is 3.19. The number of rotatable bonds is 4. The number of benzene rings is 1. The number of anilines is 2. The Morgan fingerprint density at radius 3 is 2.96 bits per heavy atom. The minimum absolute atomic E-state index is 0.114. The lowest BCUT2D eigenvalue weighted by atomic mass is 10.2. The lowest BCUT2D eigenvalue weighted by Crippen LogP contribution is -2.16. The molecule has 1 aliphatic rings. The largest absolute Gasteiger partial charge is 0.486 e. The number of ether oxygens (including phenoxy) is 2. The Labute approximate surface area is 144 Å². The summed E-state index contributed by atoms with van der Waals surface area (Å²) in [6.07, 6.45) is 2.65. The molecule has 24 heavy (non-hydrogen) atoms. The van der Waals surface area contributed by atoms with Gasteiger partial charge in [0.2, 0.25) is 0 Å². The molecule has 0 amide bonds. The van der Waals surface area contributed by atoms with Gasteiger partial charge in [-0.2, -0.15) is 0 Å². The molecule has 124 valence electrons. The van der Waals surface area contributed by atoms with E-state index in [1.165, 1.54) is 10.4 Å². The van der Waals surface area contributed by atoms with Crippen molar-refractivity contribution in [3.63, 3.8) is 0 Å². The fourth-order valence-corrected chi connectivity index (χ4v) is 3.86. The van der Waals surface area contributed by atoms with Gasteiger partial charge >= 0.3 is 0 Å². The second-order valence-corrected chi connectivity index (χ2v) is 7.11. The molecule has 1 aromatic carbocycles. The van der Waals surface area contributed by atoms with Crippen LogP contribution in [0.5, 0.6) is 5.75 Å². The number of nitrogens with one attached hydrogen (secondary N) is 1. The molecular weight excluding hydrogens is 322 g/mol. The maximum atomic E-state index is 6.10. The van der Waals surface area contributed by atoms with Gasteiger partial charge in [-0.1, -0.05) is 12.1 Å². The van der Waals surface area contributed by atoms with Crippen molar-refractivity contribution in [2.45, 2.75) is 26.4 Å². The van der Waals surface area contributed by atoms with Gasteiger partial charge in [0, 0.05) is 11.3 Å². The van der Waals surface area contributed by atoms with Gasteiger partial charge in [-0.3, -0.25) is 0 Å². The summed E-state index contributed by atoms with van der Waals surface area (Å²) in [5.74, 6) is 1.64. The van der Waals surface area contributed by atoms with E-state index in [9.17, 15) is 0 Å². The molecule has 3 aromatic rings. The first-order valence-corrected chi connectivity index (χ1v) is 8.85. The molecule has 1 N–H and O–H groups in total. The molecular formula is C18H19N3O2S. The second kappa shape index (κ2) is 6.37. The van der Waals surface area contributed by atoms with Crippen LogP contribution >= 0.6 is 11.3 Å². The summed E-state index contributed by atoms with van der Waals surface area (Å²) in [7, 11) is 0. The van der Waals surface area contributed by atoms with Crippen LogP contribution in [-0.4, -0.2) is 29.3 Å². The number of thiophene rings is 1. The van der Waals surface area contributed by atoms with Crippen LogP contribution in [0.2, 0.25) is 0 Å². The average molecular weight is 341 g/mol. The van der Waals surface area contributed by atoms with E-state index in [4.69, 9.17) is 9.47 Å². The van der Waals surface area contributed by atoms with E-state index in [-0.39, 0.29) is 6.10 Å². The molecule has 1 fully saturated rings. The number of para-hydroxylation sites is 2. The smallest absolute Gasteiger partial charge is 0.143 e. The first kappa shape index (κ1) is 15.4. The standard InChI is InChI=1S/C18H19N3O2S/c1-11-12(2)24-18-16(11)17(19-10-20-18)21-14-5-3-4-6-15(14)23-13-7-8-22-9-13/h3-6,10,13H,7-9H2,1-2H3,(H,19,20,21)/t13-/m1/s1.